The third-order valence-corrected chi connectivity index (χ3v) is 6.79. The molecule has 5 nitrogen and oxygen atoms in total. The number of rotatable bonds is 12. The first-order valence-corrected chi connectivity index (χ1v) is 11.7. The van der Waals surface area contributed by atoms with Gasteiger partial charge < -0.3 is 19.0 Å². The Morgan fingerprint density at radius 2 is 2.00 bits per heavy atom. The van der Waals surface area contributed by atoms with E-state index in [9.17, 15) is 9.18 Å². The Balaban J connectivity index is 1.53. The predicted molar refractivity (Wildman–Crippen MR) is 121 cm³/mol. The standard InChI is InChI=1S/C25H32ClFO5/c1-3-5-23(30-2)16-8-10-17(11-9-16)31-15-20-19(22(27)14-21(20)26)7-4-6-18-12-13-24(32-18)25(28)29/h8-13,19-23H,3-7,14-15H2,1-2H3,(H,28,29)/t19-,20?,21?,22?,23?/m1/s1. The summed E-state index contributed by atoms with van der Waals surface area (Å²) in [5.74, 6) is -0.0918. The minimum atomic E-state index is -1.09. The van der Waals surface area contributed by atoms with Crippen LogP contribution < -0.4 is 4.74 Å². The molecule has 7 heteroatoms. The molecule has 1 aliphatic carbocycles. The number of methoxy groups -OCH3 is 1. The van der Waals surface area contributed by atoms with Crippen molar-refractivity contribution in [1.82, 2.24) is 0 Å². The Hall–Kier alpha value is -2.05. The number of halogens is 2. The number of furan rings is 1. The third-order valence-electron chi connectivity index (χ3n) is 6.29. The van der Waals surface area contributed by atoms with Crippen LogP contribution in [0.2, 0.25) is 0 Å². The van der Waals surface area contributed by atoms with Crippen molar-refractivity contribution < 1.29 is 28.2 Å². The van der Waals surface area contributed by atoms with Crippen LogP contribution >= 0.6 is 11.6 Å². The van der Waals surface area contributed by atoms with E-state index in [1.54, 1.807) is 13.2 Å². The molecule has 32 heavy (non-hydrogen) atoms. The Morgan fingerprint density at radius 3 is 2.62 bits per heavy atom. The Labute approximate surface area is 193 Å². The maximum absolute atomic E-state index is 14.6. The van der Waals surface area contributed by atoms with Crippen LogP contribution in [0.1, 0.15) is 67.0 Å². The first-order valence-electron chi connectivity index (χ1n) is 11.3. The van der Waals surface area contributed by atoms with Gasteiger partial charge in [0.25, 0.3) is 0 Å². The van der Waals surface area contributed by atoms with Gasteiger partial charge >= 0.3 is 5.97 Å². The lowest BCUT2D eigenvalue weighted by molar-refractivity contribution is 0.0660. The van der Waals surface area contributed by atoms with Crippen molar-refractivity contribution in [2.24, 2.45) is 11.8 Å². The second-order valence-corrected chi connectivity index (χ2v) is 9.01. The first kappa shape index (κ1) is 24.6. The zero-order valence-electron chi connectivity index (χ0n) is 18.6. The maximum atomic E-state index is 14.6. The van der Waals surface area contributed by atoms with E-state index in [1.807, 2.05) is 24.3 Å². The van der Waals surface area contributed by atoms with Gasteiger partial charge in [-0.2, -0.15) is 0 Å². The van der Waals surface area contributed by atoms with Crippen molar-refractivity contribution in [3.05, 3.63) is 53.5 Å². The first-order chi connectivity index (χ1) is 15.4. The van der Waals surface area contributed by atoms with Crippen molar-refractivity contribution in [2.45, 2.75) is 63.1 Å². The van der Waals surface area contributed by atoms with E-state index in [1.165, 1.54) is 6.07 Å². The van der Waals surface area contributed by atoms with E-state index in [-0.39, 0.29) is 29.1 Å². The fraction of sp³-hybridized carbons (Fsp3) is 0.560. The summed E-state index contributed by atoms with van der Waals surface area (Å²) in [5, 5.41) is 8.68. The summed E-state index contributed by atoms with van der Waals surface area (Å²) in [4.78, 5) is 10.9. The van der Waals surface area contributed by atoms with E-state index >= 15 is 0 Å². The van der Waals surface area contributed by atoms with Gasteiger partial charge in [0.2, 0.25) is 5.76 Å². The number of aromatic carboxylic acids is 1. The van der Waals surface area contributed by atoms with Gasteiger partial charge in [0.15, 0.2) is 0 Å². The van der Waals surface area contributed by atoms with Crippen molar-refractivity contribution in [2.75, 3.05) is 13.7 Å². The smallest absolute Gasteiger partial charge is 0.371 e. The van der Waals surface area contributed by atoms with Gasteiger partial charge in [-0.3, -0.25) is 0 Å². The average molecular weight is 467 g/mol. The molecule has 1 heterocycles. The molecular formula is C25H32ClFO5. The predicted octanol–water partition coefficient (Wildman–Crippen LogP) is 6.45. The summed E-state index contributed by atoms with van der Waals surface area (Å²) in [6.45, 7) is 2.50. The highest BCUT2D eigenvalue weighted by atomic mass is 35.5. The van der Waals surface area contributed by atoms with Crippen LogP contribution in [-0.2, 0) is 11.2 Å². The van der Waals surface area contributed by atoms with E-state index in [4.69, 9.17) is 30.6 Å². The van der Waals surface area contributed by atoms with Gasteiger partial charge in [0.05, 0.1) is 12.7 Å². The summed E-state index contributed by atoms with van der Waals surface area (Å²) in [5.41, 5.74) is 1.11. The van der Waals surface area contributed by atoms with Crippen molar-refractivity contribution in [3.63, 3.8) is 0 Å². The highest BCUT2D eigenvalue weighted by Gasteiger charge is 2.42. The molecule has 0 radical (unpaired) electrons. The van der Waals surface area contributed by atoms with Crippen LogP contribution in [0.5, 0.6) is 5.75 Å². The van der Waals surface area contributed by atoms with Crippen LogP contribution in [0, 0.1) is 11.8 Å². The number of ether oxygens (including phenoxy) is 2. The normalized spacial score (nSPS) is 23.9. The number of alkyl halides is 2. The van der Waals surface area contributed by atoms with E-state index < -0.39 is 12.1 Å². The molecule has 1 saturated carbocycles. The summed E-state index contributed by atoms with van der Waals surface area (Å²) < 4.78 is 31.5. The molecule has 0 saturated heterocycles. The number of aryl methyl sites for hydroxylation is 1. The van der Waals surface area contributed by atoms with E-state index in [2.05, 4.69) is 6.92 Å². The lowest BCUT2D eigenvalue weighted by atomic mass is 9.90. The molecule has 4 unspecified atom stereocenters. The van der Waals surface area contributed by atoms with Crippen LogP contribution in [-0.4, -0.2) is 36.3 Å². The topological polar surface area (TPSA) is 68.9 Å². The zero-order valence-corrected chi connectivity index (χ0v) is 19.4. The Kier molecular flexibility index (Phi) is 9.00. The van der Waals surface area contributed by atoms with Crippen molar-refractivity contribution >= 4 is 17.6 Å². The molecule has 1 aromatic heterocycles. The monoisotopic (exact) mass is 466 g/mol. The number of hydrogen-bond donors (Lipinski definition) is 1. The fourth-order valence-corrected chi connectivity index (χ4v) is 4.95. The van der Waals surface area contributed by atoms with Crippen LogP contribution in [0.15, 0.2) is 40.8 Å². The summed E-state index contributed by atoms with van der Waals surface area (Å²) in [6.07, 6.45) is 3.36. The molecule has 1 fully saturated rings. The number of hydrogen-bond acceptors (Lipinski definition) is 4. The minimum absolute atomic E-state index is 0.0751. The second-order valence-electron chi connectivity index (χ2n) is 8.45. The van der Waals surface area contributed by atoms with Gasteiger partial charge in [-0.15, -0.1) is 11.6 Å². The summed E-state index contributed by atoms with van der Waals surface area (Å²) in [6, 6.07) is 11.0. The molecule has 5 atom stereocenters. The SMILES string of the molecule is CCCC(OC)c1ccc(OCC2C(Cl)CC(F)[C@@H]2CCCc2ccc(C(=O)O)o2)cc1. The quantitative estimate of drug-likeness (QED) is 0.364. The molecule has 3 rings (SSSR count). The molecule has 0 aliphatic heterocycles. The van der Waals surface area contributed by atoms with Crippen molar-refractivity contribution in [3.8, 4) is 5.75 Å². The molecule has 2 aromatic rings. The maximum Gasteiger partial charge on any atom is 0.371 e. The summed E-state index contributed by atoms with van der Waals surface area (Å²) in [7, 11) is 1.72. The average Bonchev–Trinajstić information content (AvgIpc) is 3.36. The third kappa shape index (κ3) is 6.26. The molecule has 1 aliphatic rings. The molecule has 176 valence electrons. The number of carbonyl (C=O) groups is 1. The lowest BCUT2D eigenvalue weighted by Crippen LogP contribution is -2.25. The second kappa shape index (κ2) is 11.7. The number of carboxylic acid groups (broad SMARTS) is 1. The van der Waals surface area contributed by atoms with Crippen molar-refractivity contribution in [1.29, 1.82) is 0 Å². The van der Waals surface area contributed by atoms with E-state index in [0.29, 0.717) is 38.1 Å². The van der Waals surface area contributed by atoms with Crippen LogP contribution in [0.4, 0.5) is 4.39 Å². The van der Waals surface area contributed by atoms with Gasteiger partial charge in [-0.25, -0.2) is 9.18 Å². The van der Waals surface area contributed by atoms with E-state index in [0.717, 1.165) is 24.2 Å². The Bertz CT molecular complexity index is 852. The highest BCUT2D eigenvalue weighted by Crippen LogP contribution is 2.41. The zero-order chi connectivity index (χ0) is 23.1. The molecule has 0 bridgehead atoms. The molecule has 1 N–H and O–H groups in total. The molecular weight excluding hydrogens is 435 g/mol. The van der Waals surface area contributed by atoms with Gasteiger partial charge in [0.1, 0.15) is 17.7 Å². The largest absolute Gasteiger partial charge is 0.493 e. The Morgan fingerprint density at radius 1 is 1.25 bits per heavy atom. The van der Waals surface area contributed by atoms with Gasteiger partial charge in [-0.05, 0) is 61.4 Å². The highest BCUT2D eigenvalue weighted by molar-refractivity contribution is 6.21. The van der Waals surface area contributed by atoms with Gasteiger partial charge in [-0.1, -0.05) is 25.5 Å². The summed E-state index contributed by atoms with van der Waals surface area (Å²) >= 11 is 6.47. The molecule has 1 aromatic carbocycles. The number of benzene rings is 1. The fourth-order valence-electron chi connectivity index (χ4n) is 4.52. The minimum Gasteiger partial charge on any atom is -0.493 e. The lowest BCUT2D eigenvalue weighted by Gasteiger charge is -2.23. The molecule has 0 amide bonds. The van der Waals surface area contributed by atoms with Crippen LogP contribution in [0.3, 0.4) is 0 Å². The van der Waals surface area contributed by atoms with Crippen LogP contribution in [0.25, 0.3) is 0 Å². The number of carboxylic acids is 1. The van der Waals surface area contributed by atoms with Gasteiger partial charge in [0, 0.05) is 24.8 Å². The molecule has 0 spiro atoms.